The highest BCUT2D eigenvalue weighted by molar-refractivity contribution is 9.10. The zero-order valence-electron chi connectivity index (χ0n) is 10.8. The molecular formula is C13H9BrN2O5. The summed E-state index contributed by atoms with van der Waals surface area (Å²) in [6, 6.07) is 4.68. The monoisotopic (exact) mass is 352 g/mol. The van der Waals surface area contributed by atoms with Crippen molar-refractivity contribution in [3.05, 3.63) is 56.3 Å². The maximum Gasteiger partial charge on any atom is 0.348 e. The second-order valence-electron chi connectivity index (χ2n) is 4.20. The summed E-state index contributed by atoms with van der Waals surface area (Å²) in [5.74, 6) is -2.09. The standard InChI is InChI=1S/C13H9BrN2O5/c1-7-6-10(11(16(19)20)12(17)15-7)21-13(18)8-4-2-3-5-9(8)14/h2-6,11H,1H3. The van der Waals surface area contributed by atoms with Crippen molar-refractivity contribution in [2.75, 3.05) is 0 Å². The third kappa shape index (κ3) is 3.22. The first-order chi connectivity index (χ1) is 9.90. The van der Waals surface area contributed by atoms with E-state index in [1.54, 1.807) is 18.2 Å². The molecule has 1 aromatic rings. The predicted molar refractivity (Wildman–Crippen MR) is 76.5 cm³/mol. The molecule has 1 unspecified atom stereocenters. The highest BCUT2D eigenvalue weighted by atomic mass is 79.9. The molecule has 2 rings (SSSR count). The number of rotatable bonds is 3. The van der Waals surface area contributed by atoms with Crippen LogP contribution in [-0.4, -0.2) is 28.6 Å². The number of allylic oxidation sites excluding steroid dienone is 1. The van der Waals surface area contributed by atoms with E-state index in [0.29, 0.717) is 4.47 Å². The predicted octanol–water partition coefficient (Wildman–Crippen LogP) is 2.14. The normalized spacial score (nSPS) is 17.8. The van der Waals surface area contributed by atoms with Gasteiger partial charge in [0.2, 0.25) is 0 Å². The molecule has 0 spiro atoms. The van der Waals surface area contributed by atoms with Gasteiger partial charge in [-0.1, -0.05) is 12.1 Å². The van der Waals surface area contributed by atoms with Crippen LogP contribution >= 0.6 is 15.9 Å². The average Bonchev–Trinajstić information content (AvgIpc) is 2.37. The molecule has 7 nitrogen and oxygen atoms in total. The van der Waals surface area contributed by atoms with Gasteiger partial charge in [-0.05, 0) is 35.0 Å². The smallest absolute Gasteiger partial charge is 0.348 e. The average molecular weight is 353 g/mol. The number of nitrogens with zero attached hydrogens (tertiary/aromatic N) is 2. The molecule has 1 atom stereocenters. The zero-order valence-corrected chi connectivity index (χ0v) is 12.4. The number of nitro groups is 1. The van der Waals surface area contributed by atoms with Crippen LogP contribution in [0.2, 0.25) is 0 Å². The van der Waals surface area contributed by atoms with Crippen LogP contribution < -0.4 is 0 Å². The summed E-state index contributed by atoms with van der Waals surface area (Å²) in [7, 11) is 0. The molecule has 0 bridgehead atoms. The minimum absolute atomic E-state index is 0.202. The van der Waals surface area contributed by atoms with Crippen molar-refractivity contribution in [2.24, 2.45) is 4.99 Å². The Morgan fingerprint density at radius 3 is 2.71 bits per heavy atom. The molecule has 1 heterocycles. The number of hydrogen-bond donors (Lipinski definition) is 0. The van der Waals surface area contributed by atoms with E-state index in [1.165, 1.54) is 19.1 Å². The minimum atomic E-state index is -1.79. The highest BCUT2D eigenvalue weighted by Crippen LogP contribution is 2.21. The Hall–Kier alpha value is -2.35. The summed E-state index contributed by atoms with van der Waals surface area (Å²) in [5, 5.41) is 10.9. The molecule has 108 valence electrons. The Morgan fingerprint density at radius 1 is 1.43 bits per heavy atom. The van der Waals surface area contributed by atoms with Crippen LogP contribution in [0.25, 0.3) is 0 Å². The van der Waals surface area contributed by atoms with Crippen molar-refractivity contribution in [1.29, 1.82) is 0 Å². The fourth-order valence-electron chi connectivity index (χ4n) is 1.74. The van der Waals surface area contributed by atoms with Crippen LogP contribution in [0, 0.1) is 10.1 Å². The van der Waals surface area contributed by atoms with Crippen LogP contribution in [-0.2, 0) is 9.53 Å². The summed E-state index contributed by atoms with van der Waals surface area (Å²) in [5.41, 5.74) is 0.445. The lowest BCUT2D eigenvalue weighted by Gasteiger charge is -2.14. The van der Waals surface area contributed by atoms with Gasteiger partial charge in [-0.3, -0.25) is 14.9 Å². The Balaban J connectivity index is 2.30. The molecule has 1 aliphatic rings. The largest absolute Gasteiger partial charge is 0.419 e. The first-order valence-corrected chi connectivity index (χ1v) is 6.60. The molecule has 0 fully saturated rings. The first kappa shape index (κ1) is 15.0. The van der Waals surface area contributed by atoms with Crippen molar-refractivity contribution < 1.29 is 19.2 Å². The molecule has 0 saturated carbocycles. The molecular weight excluding hydrogens is 344 g/mol. The fraction of sp³-hybridized carbons (Fsp3) is 0.154. The molecule has 8 heteroatoms. The molecule has 0 aromatic heterocycles. The summed E-state index contributed by atoms with van der Waals surface area (Å²) in [6.45, 7) is 1.49. The second kappa shape index (κ2) is 5.96. The number of carbonyl (C=O) groups is 2. The number of benzene rings is 1. The van der Waals surface area contributed by atoms with E-state index in [-0.39, 0.29) is 17.0 Å². The van der Waals surface area contributed by atoms with Gasteiger partial charge in [0.05, 0.1) is 5.56 Å². The van der Waals surface area contributed by atoms with Gasteiger partial charge in [-0.15, -0.1) is 0 Å². The maximum atomic E-state index is 12.0. The van der Waals surface area contributed by atoms with Crippen molar-refractivity contribution in [2.45, 2.75) is 13.0 Å². The number of aliphatic imine (C=N–C) groups is 1. The first-order valence-electron chi connectivity index (χ1n) is 5.81. The molecule has 1 aliphatic heterocycles. The lowest BCUT2D eigenvalue weighted by Crippen LogP contribution is -2.35. The molecule has 1 amide bonds. The third-order valence-electron chi connectivity index (χ3n) is 2.66. The van der Waals surface area contributed by atoms with Crippen molar-refractivity contribution in [3.63, 3.8) is 0 Å². The van der Waals surface area contributed by atoms with Gasteiger partial charge in [-0.2, -0.15) is 0 Å². The van der Waals surface area contributed by atoms with E-state index in [2.05, 4.69) is 20.9 Å². The molecule has 0 N–H and O–H groups in total. The lowest BCUT2D eigenvalue weighted by atomic mass is 10.1. The van der Waals surface area contributed by atoms with E-state index in [4.69, 9.17) is 4.74 Å². The Kier molecular flexibility index (Phi) is 4.27. The van der Waals surface area contributed by atoms with E-state index in [1.807, 2.05) is 0 Å². The van der Waals surface area contributed by atoms with Gasteiger partial charge in [0.15, 0.2) is 5.76 Å². The Morgan fingerprint density at radius 2 is 2.10 bits per heavy atom. The number of hydrogen-bond acceptors (Lipinski definition) is 5. The molecule has 0 saturated heterocycles. The summed E-state index contributed by atoms with van der Waals surface area (Å²) >= 11 is 3.18. The van der Waals surface area contributed by atoms with Crippen molar-refractivity contribution in [1.82, 2.24) is 0 Å². The maximum absolute atomic E-state index is 12.0. The number of dihydropyridines is 1. The second-order valence-corrected chi connectivity index (χ2v) is 5.05. The van der Waals surface area contributed by atoms with Gasteiger partial charge in [0.1, 0.15) is 0 Å². The van der Waals surface area contributed by atoms with Crippen LogP contribution in [0.3, 0.4) is 0 Å². The molecule has 0 radical (unpaired) electrons. The third-order valence-corrected chi connectivity index (χ3v) is 3.35. The van der Waals surface area contributed by atoms with Gasteiger partial charge < -0.3 is 4.74 Å². The molecule has 1 aromatic carbocycles. The Bertz CT molecular complexity index is 696. The Labute approximate surface area is 127 Å². The lowest BCUT2D eigenvalue weighted by molar-refractivity contribution is -0.501. The zero-order chi connectivity index (χ0) is 15.6. The van der Waals surface area contributed by atoms with Crippen LogP contribution in [0.15, 0.2) is 45.6 Å². The number of amides is 1. The molecule has 21 heavy (non-hydrogen) atoms. The van der Waals surface area contributed by atoms with Crippen molar-refractivity contribution in [3.8, 4) is 0 Å². The van der Waals surface area contributed by atoms with Gasteiger partial charge in [-0.25, -0.2) is 9.79 Å². The minimum Gasteiger partial charge on any atom is -0.419 e. The molecule has 0 aliphatic carbocycles. The number of halogens is 1. The van der Waals surface area contributed by atoms with Crippen LogP contribution in [0.5, 0.6) is 0 Å². The van der Waals surface area contributed by atoms with E-state index in [0.717, 1.165) is 0 Å². The van der Waals surface area contributed by atoms with E-state index < -0.39 is 22.8 Å². The highest BCUT2D eigenvalue weighted by Gasteiger charge is 2.39. The summed E-state index contributed by atoms with van der Waals surface area (Å²) in [6.07, 6.45) is 1.21. The van der Waals surface area contributed by atoms with Crippen LogP contribution in [0.4, 0.5) is 0 Å². The van der Waals surface area contributed by atoms with Crippen LogP contribution in [0.1, 0.15) is 17.3 Å². The van der Waals surface area contributed by atoms with Crippen molar-refractivity contribution >= 4 is 33.5 Å². The van der Waals surface area contributed by atoms with E-state index in [9.17, 15) is 19.7 Å². The van der Waals surface area contributed by atoms with Gasteiger partial charge in [0.25, 0.3) is 0 Å². The SMILES string of the molecule is CC1=NC(=O)C([N+](=O)[O-])C(OC(=O)c2ccccc2Br)=C1. The number of ether oxygens (including phenoxy) is 1. The summed E-state index contributed by atoms with van der Waals surface area (Å²) < 4.78 is 5.51. The number of carbonyl (C=O) groups excluding carboxylic acids is 2. The fourth-order valence-corrected chi connectivity index (χ4v) is 2.19. The van der Waals surface area contributed by atoms with Gasteiger partial charge >= 0.3 is 17.9 Å². The quantitative estimate of drug-likeness (QED) is 0.471. The van der Waals surface area contributed by atoms with Gasteiger partial charge in [0, 0.05) is 21.2 Å². The number of esters is 1. The summed E-state index contributed by atoms with van der Waals surface area (Å²) in [4.78, 5) is 37.2. The van der Waals surface area contributed by atoms with E-state index >= 15 is 0 Å². The topological polar surface area (TPSA) is 98.9 Å².